The van der Waals surface area contributed by atoms with Gasteiger partial charge in [-0.3, -0.25) is 0 Å². The van der Waals surface area contributed by atoms with Gasteiger partial charge in [-0.1, -0.05) is 25.5 Å². The first kappa shape index (κ1) is 13.6. The van der Waals surface area contributed by atoms with Crippen molar-refractivity contribution in [2.75, 3.05) is 12.8 Å². The Labute approximate surface area is 104 Å². The lowest BCUT2D eigenvalue weighted by molar-refractivity contribution is 0.549. The van der Waals surface area contributed by atoms with Gasteiger partial charge in [0.15, 0.2) is 0 Å². The summed E-state index contributed by atoms with van der Waals surface area (Å²) in [5.74, 6) is 0.699. The van der Waals surface area contributed by atoms with Crippen LogP contribution in [0.4, 0.5) is 0 Å². The SMILES string of the molecule is CCCC(CCCN)c1ccc(SC)cc1. The molecular formula is C14H23NS. The Morgan fingerprint density at radius 1 is 1.19 bits per heavy atom. The highest BCUT2D eigenvalue weighted by atomic mass is 32.2. The topological polar surface area (TPSA) is 26.0 Å². The zero-order chi connectivity index (χ0) is 11.8. The Balaban J connectivity index is 2.67. The van der Waals surface area contributed by atoms with Crippen molar-refractivity contribution in [2.24, 2.45) is 5.73 Å². The van der Waals surface area contributed by atoms with Gasteiger partial charge in [-0.25, -0.2) is 0 Å². The highest BCUT2D eigenvalue weighted by molar-refractivity contribution is 7.98. The van der Waals surface area contributed by atoms with Crippen LogP contribution in [0.5, 0.6) is 0 Å². The minimum absolute atomic E-state index is 0.699. The van der Waals surface area contributed by atoms with E-state index >= 15 is 0 Å². The van der Waals surface area contributed by atoms with Crippen molar-refractivity contribution in [2.45, 2.75) is 43.4 Å². The van der Waals surface area contributed by atoms with Crippen LogP contribution in [-0.2, 0) is 0 Å². The van der Waals surface area contributed by atoms with Gasteiger partial charge in [0, 0.05) is 4.90 Å². The van der Waals surface area contributed by atoms with Crippen molar-refractivity contribution in [3.8, 4) is 0 Å². The standard InChI is InChI=1S/C14H23NS/c1-3-5-12(6-4-11-15)13-7-9-14(16-2)10-8-13/h7-10,12H,3-6,11,15H2,1-2H3. The van der Waals surface area contributed by atoms with E-state index in [1.54, 1.807) is 11.8 Å². The molecular weight excluding hydrogens is 214 g/mol. The maximum Gasteiger partial charge on any atom is 0.00693 e. The predicted octanol–water partition coefficient (Wildman–Crippen LogP) is 4.03. The molecule has 0 amide bonds. The van der Waals surface area contributed by atoms with Gasteiger partial charge in [0.05, 0.1) is 0 Å². The van der Waals surface area contributed by atoms with Crippen LogP contribution in [0.2, 0.25) is 0 Å². The summed E-state index contributed by atoms with van der Waals surface area (Å²) < 4.78 is 0. The molecule has 1 unspecified atom stereocenters. The summed E-state index contributed by atoms with van der Waals surface area (Å²) in [5, 5.41) is 0. The summed E-state index contributed by atoms with van der Waals surface area (Å²) in [4.78, 5) is 1.35. The molecule has 0 aliphatic heterocycles. The molecule has 0 saturated heterocycles. The number of nitrogens with two attached hydrogens (primary N) is 1. The smallest absolute Gasteiger partial charge is 0.00693 e. The molecule has 2 N–H and O–H groups in total. The van der Waals surface area contributed by atoms with Crippen molar-refractivity contribution in [3.63, 3.8) is 0 Å². The van der Waals surface area contributed by atoms with Gasteiger partial charge in [-0.2, -0.15) is 0 Å². The predicted molar refractivity (Wildman–Crippen MR) is 74.2 cm³/mol. The second-order valence-corrected chi connectivity index (χ2v) is 5.07. The van der Waals surface area contributed by atoms with Crippen molar-refractivity contribution < 1.29 is 0 Å². The van der Waals surface area contributed by atoms with Crippen molar-refractivity contribution >= 4 is 11.8 Å². The number of rotatable bonds is 7. The molecule has 0 aliphatic carbocycles. The number of hydrogen-bond donors (Lipinski definition) is 1. The number of hydrogen-bond acceptors (Lipinski definition) is 2. The van der Waals surface area contributed by atoms with Crippen LogP contribution in [0.3, 0.4) is 0 Å². The van der Waals surface area contributed by atoms with Crippen LogP contribution in [0.1, 0.15) is 44.1 Å². The van der Waals surface area contributed by atoms with Gasteiger partial charge in [-0.15, -0.1) is 11.8 Å². The molecule has 90 valence electrons. The highest BCUT2D eigenvalue weighted by Crippen LogP contribution is 2.27. The van der Waals surface area contributed by atoms with Crippen LogP contribution in [0, 0.1) is 0 Å². The zero-order valence-corrected chi connectivity index (χ0v) is 11.2. The van der Waals surface area contributed by atoms with Crippen molar-refractivity contribution in [1.29, 1.82) is 0 Å². The lowest BCUT2D eigenvalue weighted by atomic mass is 9.90. The van der Waals surface area contributed by atoms with Gasteiger partial charge in [0.1, 0.15) is 0 Å². The molecule has 1 atom stereocenters. The third kappa shape index (κ3) is 4.18. The minimum Gasteiger partial charge on any atom is -0.330 e. The Hall–Kier alpha value is -0.470. The molecule has 0 bridgehead atoms. The van der Waals surface area contributed by atoms with E-state index in [0.29, 0.717) is 5.92 Å². The molecule has 0 fully saturated rings. The molecule has 16 heavy (non-hydrogen) atoms. The Morgan fingerprint density at radius 2 is 1.88 bits per heavy atom. The molecule has 0 aliphatic rings. The largest absolute Gasteiger partial charge is 0.330 e. The minimum atomic E-state index is 0.699. The van der Waals surface area contributed by atoms with E-state index in [9.17, 15) is 0 Å². The normalized spacial score (nSPS) is 12.7. The van der Waals surface area contributed by atoms with Crippen LogP contribution >= 0.6 is 11.8 Å². The third-order valence-electron chi connectivity index (χ3n) is 2.98. The van der Waals surface area contributed by atoms with E-state index < -0.39 is 0 Å². The van der Waals surface area contributed by atoms with Crippen molar-refractivity contribution in [3.05, 3.63) is 29.8 Å². The van der Waals surface area contributed by atoms with E-state index in [2.05, 4.69) is 37.4 Å². The molecule has 0 spiro atoms. The van der Waals surface area contributed by atoms with E-state index in [4.69, 9.17) is 5.73 Å². The second-order valence-electron chi connectivity index (χ2n) is 4.19. The monoisotopic (exact) mass is 237 g/mol. The summed E-state index contributed by atoms with van der Waals surface area (Å²) >= 11 is 1.80. The number of thioether (sulfide) groups is 1. The fourth-order valence-corrected chi connectivity index (χ4v) is 2.47. The Bertz CT molecular complexity index is 281. The van der Waals surface area contributed by atoms with E-state index in [0.717, 1.165) is 13.0 Å². The van der Waals surface area contributed by atoms with Crippen molar-refractivity contribution in [1.82, 2.24) is 0 Å². The maximum atomic E-state index is 5.59. The molecule has 0 aromatic heterocycles. The lowest BCUT2D eigenvalue weighted by Gasteiger charge is -2.16. The third-order valence-corrected chi connectivity index (χ3v) is 3.72. The van der Waals surface area contributed by atoms with Gasteiger partial charge >= 0.3 is 0 Å². The summed E-state index contributed by atoms with van der Waals surface area (Å²) in [6.07, 6.45) is 7.00. The summed E-state index contributed by atoms with van der Waals surface area (Å²) in [6.45, 7) is 3.06. The highest BCUT2D eigenvalue weighted by Gasteiger charge is 2.09. The average Bonchev–Trinajstić information content (AvgIpc) is 2.35. The first-order valence-corrected chi connectivity index (χ1v) is 7.38. The molecule has 1 aromatic rings. The fraction of sp³-hybridized carbons (Fsp3) is 0.571. The quantitative estimate of drug-likeness (QED) is 0.725. The lowest BCUT2D eigenvalue weighted by Crippen LogP contribution is -2.04. The van der Waals surface area contributed by atoms with E-state index in [1.165, 1.54) is 29.7 Å². The average molecular weight is 237 g/mol. The first-order chi connectivity index (χ1) is 7.81. The summed E-state index contributed by atoms with van der Waals surface area (Å²) in [5.41, 5.74) is 7.07. The van der Waals surface area contributed by atoms with Crippen LogP contribution in [0.15, 0.2) is 29.2 Å². The van der Waals surface area contributed by atoms with Gasteiger partial charge in [0.25, 0.3) is 0 Å². The molecule has 2 heteroatoms. The van der Waals surface area contributed by atoms with Gasteiger partial charge < -0.3 is 5.73 Å². The molecule has 1 aromatic carbocycles. The molecule has 1 nitrogen and oxygen atoms in total. The molecule has 0 heterocycles. The summed E-state index contributed by atoms with van der Waals surface area (Å²) in [7, 11) is 0. The zero-order valence-electron chi connectivity index (χ0n) is 10.4. The van der Waals surface area contributed by atoms with E-state index in [1.807, 2.05) is 0 Å². The Kier molecular flexibility index (Phi) is 6.58. The first-order valence-electron chi connectivity index (χ1n) is 6.15. The van der Waals surface area contributed by atoms with Gasteiger partial charge in [-0.05, 0) is 55.7 Å². The van der Waals surface area contributed by atoms with Crippen LogP contribution < -0.4 is 5.73 Å². The molecule has 0 radical (unpaired) electrons. The second kappa shape index (κ2) is 7.75. The van der Waals surface area contributed by atoms with Crippen LogP contribution in [0.25, 0.3) is 0 Å². The fourth-order valence-electron chi connectivity index (χ4n) is 2.07. The Morgan fingerprint density at radius 3 is 2.38 bits per heavy atom. The number of benzene rings is 1. The van der Waals surface area contributed by atoms with Crippen LogP contribution in [-0.4, -0.2) is 12.8 Å². The van der Waals surface area contributed by atoms with E-state index in [-0.39, 0.29) is 0 Å². The maximum absolute atomic E-state index is 5.59. The molecule has 0 saturated carbocycles. The van der Waals surface area contributed by atoms with Gasteiger partial charge in [0.2, 0.25) is 0 Å². The summed E-state index contributed by atoms with van der Waals surface area (Å²) in [6, 6.07) is 9.02. The molecule has 1 rings (SSSR count).